The molecule has 9 heteroatoms. The van der Waals surface area contributed by atoms with E-state index in [1.54, 1.807) is 25.6 Å². The maximum atomic E-state index is 12.4. The van der Waals surface area contributed by atoms with E-state index < -0.39 is 11.1 Å². The first-order valence-corrected chi connectivity index (χ1v) is 9.84. The standard InChI is InChI=1S/C21H17N3O5S/c1-28-15-4-2-12(3-5-15)9-23-18(25)7-14-11-22-10-13-6-16(29-19(13)14)8-17-20(26)24-21(27)30-17/h2-6,8,10-11H,7,9H2,1H3,(H,23,25)(H,24,26,27)/b17-8-. The molecule has 0 radical (unpaired) electrons. The molecule has 3 aromatic rings. The van der Waals surface area contributed by atoms with Crippen LogP contribution in [0.5, 0.6) is 5.75 Å². The summed E-state index contributed by atoms with van der Waals surface area (Å²) < 4.78 is 10.9. The Balaban J connectivity index is 1.46. The average Bonchev–Trinajstić information content (AvgIpc) is 3.29. The molecule has 0 bridgehead atoms. The monoisotopic (exact) mass is 423 g/mol. The third-order valence-corrected chi connectivity index (χ3v) is 5.24. The number of amides is 3. The van der Waals surface area contributed by atoms with Crippen molar-refractivity contribution in [2.45, 2.75) is 13.0 Å². The van der Waals surface area contributed by atoms with Gasteiger partial charge in [0.05, 0.1) is 18.4 Å². The molecule has 1 aromatic carbocycles. The summed E-state index contributed by atoms with van der Waals surface area (Å²) in [5.74, 6) is 0.531. The number of methoxy groups -OCH3 is 1. The summed E-state index contributed by atoms with van der Waals surface area (Å²) in [4.78, 5) is 39.8. The van der Waals surface area contributed by atoms with E-state index in [2.05, 4.69) is 15.6 Å². The van der Waals surface area contributed by atoms with E-state index in [9.17, 15) is 14.4 Å². The molecule has 0 spiro atoms. The van der Waals surface area contributed by atoms with Crippen LogP contribution in [0.2, 0.25) is 0 Å². The lowest BCUT2D eigenvalue weighted by molar-refractivity contribution is -0.120. The van der Waals surface area contributed by atoms with E-state index in [1.165, 1.54) is 6.08 Å². The molecular formula is C21H17N3O5S. The van der Waals surface area contributed by atoms with Crippen molar-refractivity contribution in [3.05, 3.63) is 64.5 Å². The number of carbonyl (C=O) groups excluding carboxylic acids is 3. The van der Waals surface area contributed by atoms with Crippen molar-refractivity contribution < 1.29 is 23.5 Å². The summed E-state index contributed by atoms with van der Waals surface area (Å²) in [6.07, 6.45) is 4.79. The fourth-order valence-electron chi connectivity index (χ4n) is 2.96. The van der Waals surface area contributed by atoms with Gasteiger partial charge in [0.1, 0.15) is 17.1 Å². The maximum absolute atomic E-state index is 12.4. The second-order valence-corrected chi connectivity index (χ2v) is 7.53. The minimum atomic E-state index is -0.457. The molecular weight excluding hydrogens is 406 g/mol. The highest BCUT2D eigenvalue weighted by atomic mass is 32.2. The van der Waals surface area contributed by atoms with E-state index in [0.717, 1.165) is 23.1 Å². The molecule has 152 valence electrons. The molecule has 1 aliphatic rings. The number of hydrogen-bond acceptors (Lipinski definition) is 7. The smallest absolute Gasteiger partial charge is 0.290 e. The number of thioether (sulfide) groups is 1. The number of nitrogens with one attached hydrogen (secondary N) is 2. The predicted octanol–water partition coefficient (Wildman–Crippen LogP) is 3.02. The van der Waals surface area contributed by atoms with Crippen LogP contribution in [-0.2, 0) is 22.6 Å². The second-order valence-electron chi connectivity index (χ2n) is 6.52. The molecule has 8 nitrogen and oxygen atoms in total. The number of carbonyl (C=O) groups is 3. The van der Waals surface area contributed by atoms with E-state index in [4.69, 9.17) is 9.15 Å². The highest BCUT2D eigenvalue weighted by Gasteiger charge is 2.25. The quantitative estimate of drug-likeness (QED) is 0.586. The molecule has 0 atom stereocenters. The second kappa shape index (κ2) is 8.42. The zero-order valence-electron chi connectivity index (χ0n) is 15.9. The van der Waals surface area contributed by atoms with Gasteiger partial charge in [-0.3, -0.25) is 24.7 Å². The number of aromatic nitrogens is 1. The zero-order chi connectivity index (χ0) is 21.1. The van der Waals surface area contributed by atoms with E-state index in [-0.39, 0.29) is 17.2 Å². The van der Waals surface area contributed by atoms with Crippen LogP contribution in [-0.4, -0.2) is 29.1 Å². The first kappa shape index (κ1) is 19.7. The van der Waals surface area contributed by atoms with Crippen LogP contribution in [0.25, 0.3) is 17.0 Å². The Kier molecular flexibility index (Phi) is 5.53. The summed E-state index contributed by atoms with van der Waals surface area (Å²) >= 11 is 0.814. The number of furan rings is 1. The lowest BCUT2D eigenvalue weighted by atomic mass is 10.1. The van der Waals surface area contributed by atoms with Crippen LogP contribution < -0.4 is 15.4 Å². The van der Waals surface area contributed by atoms with Crippen molar-refractivity contribution in [2.24, 2.45) is 0 Å². The number of imide groups is 1. The van der Waals surface area contributed by atoms with Crippen molar-refractivity contribution in [3.8, 4) is 5.75 Å². The van der Waals surface area contributed by atoms with E-state index in [1.807, 2.05) is 24.3 Å². The van der Waals surface area contributed by atoms with Crippen molar-refractivity contribution in [1.82, 2.24) is 15.6 Å². The Morgan fingerprint density at radius 3 is 2.77 bits per heavy atom. The molecule has 1 fully saturated rings. The first-order chi connectivity index (χ1) is 14.5. The Labute approximate surface area is 175 Å². The number of benzene rings is 1. The van der Waals surface area contributed by atoms with Gasteiger partial charge < -0.3 is 14.5 Å². The van der Waals surface area contributed by atoms with E-state index in [0.29, 0.717) is 28.8 Å². The highest BCUT2D eigenvalue weighted by molar-refractivity contribution is 8.18. The largest absolute Gasteiger partial charge is 0.497 e. The van der Waals surface area contributed by atoms with Gasteiger partial charge in [-0.25, -0.2) is 0 Å². The number of nitrogens with zero attached hydrogens (tertiary/aromatic N) is 1. The summed E-state index contributed by atoms with van der Waals surface area (Å²) in [6.45, 7) is 0.391. The SMILES string of the molecule is COc1ccc(CNC(=O)Cc2cncc3cc(/C=C4\SC(=O)NC4=O)oc23)cc1. The number of pyridine rings is 1. The molecule has 3 amide bonds. The van der Waals surface area contributed by atoms with Gasteiger partial charge in [0.25, 0.3) is 11.1 Å². The fraction of sp³-hybridized carbons (Fsp3) is 0.143. The van der Waals surface area contributed by atoms with Crippen molar-refractivity contribution in [3.63, 3.8) is 0 Å². The van der Waals surface area contributed by atoms with Crippen molar-refractivity contribution in [2.75, 3.05) is 7.11 Å². The molecule has 1 saturated heterocycles. The third-order valence-electron chi connectivity index (χ3n) is 4.43. The number of rotatable bonds is 6. The van der Waals surface area contributed by atoms with Gasteiger partial charge in [0, 0.05) is 36.0 Å². The summed E-state index contributed by atoms with van der Waals surface area (Å²) in [5.41, 5.74) is 2.10. The minimum Gasteiger partial charge on any atom is -0.497 e. The zero-order valence-corrected chi connectivity index (χ0v) is 16.7. The maximum Gasteiger partial charge on any atom is 0.290 e. The predicted molar refractivity (Wildman–Crippen MR) is 112 cm³/mol. The van der Waals surface area contributed by atoms with Crippen molar-refractivity contribution in [1.29, 1.82) is 0 Å². The van der Waals surface area contributed by atoms with Gasteiger partial charge in [-0.15, -0.1) is 0 Å². The molecule has 0 aliphatic carbocycles. The third kappa shape index (κ3) is 4.36. The van der Waals surface area contributed by atoms with Gasteiger partial charge in [0.2, 0.25) is 5.91 Å². The fourth-order valence-corrected chi connectivity index (χ4v) is 3.63. The molecule has 4 rings (SSSR count). The topological polar surface area (TPSA) is 111 Å². The Hall–Kier alpha value is -3.59. The number of fused-ring (bicyclic) bond motifs is 1. The Morgan fingerprint density at radius 2 is 2.07 bits per heavy atom. The van der Waals surface area contributed by atoms with Crippen LogP contribution in [0.4, 0.5) is 4.79 Å². The average molecular weight is 423 g/mol. The van der Waals surface area contributed by atoms with Gasteiger partial charge in [0.15, 0.2) is 0 Å². The van der Waals surface area contributed by atoms with Gasteiger partial charge in [-0.2, -0.15) is 0 Å². The van der Waals surface area contributed by atoms with Gasteiger partial charge in [-0.05, 0) is 35.5 Å². The van der Waals surface area contributed by atoms with Crippen molar-refractivity contribution >= 4 is 45.9 Å². The van der Waals surface area contributed by atoms with Crippen LogP contribution in [0.3, 0.4) is 0 Å². The molecule has 2 aromatic heterocycles. The number of hydrogen-bond donors (Lipinski definition) is 2. The molecule has 30 heavy (non-hydrogen) atoms. The molecule has 1 aliphatic heterocycles. The van der Waals surface area contributed by atoms with Gasteiger partial charge in [-0.1, -0.05) is 12.1 Å². The van der Waals surface area contributed by atoms with Crippen LogP contribution in [0.1, 0.15) is 16.9 Å². The molecule has 0 unspecified atom stereocenters. The van der Waals surface area contributed by atoms with Crippen LogP contribution >= 0.6 is 11.8 Å². The first-order valence-electron chi connectivity index (χ1n) is 9.03. The molecule has 3 heterocycles. The summed E-state index contributed by atoms with van der Waals surface area (Å²) in [5, 5.41) is 5.35. The molecule has 0 saturated carbocycles. The normalized spacial score (nSPS) is 14.9. The van der Waals surface area contributed by atoms with Gasteiger partial charge >= 0.3 is 0 Å². The lowest BCUT2D eigenvalue weighted by Crippen LogP contribution is -2.24. The Morgan fingerprint density at radius 1 is 1.27 bits per heavy atom. The lowest BCUT2D eigenvalue weighted by Gasteiger charge is -2.07. The Bertz CT molecular complexity index is 1170. The van der Waals surface area contributed by atoms with Crippen LogP contribution in [0.15, 0.2) is 52.0 Å². The summed E-state index contributed by atoms with van der Waals surface area (Å²) in [6, 6.07) is 9.15. The van der Waals surface area contributed by atoms with Crippen LogP contribution in [0, 0.1) is 0 Å². The minimum absolute atomic E-state index is 0.0950. The molecule has 2 N–H and O–H groups in total. The highest BCUT2D eigenvalue weighted by Crippen LogP contribution is 2.29. The van der Waals surface area contributed by atoms with E-state index >= 15 is 0 Å². The summed E-state index contributed by atoms with van der Waals surface area (Å²) in [7, 11) is 1.60. The number of ether oxygens (including phenoxy) is 1.